The van der Waals surface area contributed by atoms with Gasteiger partial charge in [-0.1, -0.05) is 38.3 Å². The highest BCUT2D eigenvalue weighted by Crippen LogP contribution is 2.21. The molecule has 1 heterocycles. The molecule has 0 radical (unpaired) electrons. The van der Waals surface area contributed by atoms with Crippen LogP contribution in [0, 0.1) is 0 Å². The van der Waals surface area contributed by atoms with Gasteiger partial charge in [0.1, 0.15) is 5.75 Å². The monoisotopic (exact) mass is 413 g/mol. The standard InChI is InChI=1S/C21H23N3O2S2/c1-2-3-4-7-14-26-16-12-10-15(11-13-16)22-21(27)24-19(25)20-23-17-8-5-6-9-18(17)28-20/h5-6,8-13H,2-4,7,14H2,1H3,(H2,22,24,25,27). The van der Waals surface area contributed by atoms with Gasteiger partial charge in [-0.15, -0.1) is 11.3 Å². The summed E-state index contributed by atoms with van der Waals surface area (Å²) in [4.78, 5) is 16.7. The third-order valence-corrected chi connectivity index (χ3v) is 5.33. The Kier molecular flexibility index (Phi) is 7.33. The fraction of sp³-hybridized carbons (Fsp3) is 0.286. The number of hydrogen-bond donors (Lipinski definition) is 2. The maximum Gasteiger partial charge on any atom is 0.286 e. The van der Waals surface area contributed by atoms with Gasteiger partial charge in [0, 0.05) is 5.69 Å². The third kappa shape index (κ3) is 5.74. The minimum Gasteiger partial charge on any atom is -0.494 e. The van der Waals surface area contributed by atoms with E-state index >= 15 is 0 Å². The van der Waals surface area contributed by atoms with Crippen LogP contribution in [0.25, 0.3) is 10.2 Å². The maximum absolute atomic E-state index is 12.4. The summed E-state index contributed by atoms with van der Waals surface area (Å²) in [6.07, 6.45) is 4.72. The summed E-state index contributed by atoms with van der Waals surface area (Å²) in [5.74, 6) is 0.511. The lowest BCUT2D eigenvalue weighted by Gasteiger charge is -2.10. The van der Waals surface area contributed by atoms with Gasteiger partial charge in [-0.25, -0.2) is 4.98 Å². The SMILES string of the molecule is CCCCCCOc1ccc(NC(=S)NC(=O)c2nc3ccccc3s2)cc1. The molecular weight excluding hydrogens is 390 g/mol. The maximum atomic E-state index is 12.4. The number of thiocarbonyl (C=S) groups is 1. The number of carbonyl (C=O) groups is 1. The predicted octanol–water partition coefficient (Wildman–Crippen LogP) is 5.38. The Bertz CT molecular complexity index is 905. The number of nitrogens with zero attached hydrogens (tertiary/aromatic N) is 1. The molecule has 0 saturated carbocycles. The average Bonchev–Trinajstić information content (AvgIpc) is 3.13. The van der Waals surface area contributed by atoms with Crippen molar-refractivity contribution in [2.75, 3.05) is 11.9 Å². The summed E-state index contributed by atoms with van der Waals surface area (Å²) in [7, 11) is 0. The van der Waals surface area contributed by atoms with Crippen molar-refractivity contribution in [2.24, 2.45) is 0 Å². The zero-order chi connectivity index (χ0) is 19.8. The van der Waals surface area contributed by atoms with Gasteiger partial charge in [0.05, 0.1) is 16.8 Å². The van der Waals surface area contributed by atoms with Crippen LogP contribution in [0.15, 0.2) is 48.5 Å². The number of amides is 1. The number of ether oxygens (including phenoxy) is 1. The van der Waals surface area contributed by atoms with Gasteiger partial charge < -0.3 is 10.1 Å². The number of anilines is 1. The second-order valence-electron chi connectivity index (χ2n) is 6.33. The number of rotatable bonds is 8. The first-order chi connectivity index (χ1) is 13.7. The third-order valence-electron chi connectivity index (χ3n) is 4.09. The summed E-state index contributed by atoms with van der Waals surface area (Å²) in [5, 5.41) is 6.30. The second-order valence-corrected chi connectivity index (χ2v) is 7.77. The minimum absolute atomic E-state index is 0.234. The molecule has 0 aliphatic rings. The van der Waals surface area contributed by atoms with E-state index in [9.17, 15) is 4.79 Å². The normalized spacial score (nSPS) is 10.6. The number of carbonyl (C=O) groups excluding carboxylic acids is 1. The molecule has 146 valence electrons. The lowest BCUT2D eigenvalue weighted by Crippen LogP contribution is -2.34. The molecule has 5 nitrogen and oxygen atoms in total. The average molecular weight is 414 g/mol. The molecule has 1 aromatic heterocycles. The summed E-state index contributed by atoms with van der Waals surface area (Å²) < 4.78 is 6.70. The molecule has 3 aromatic rings. The van der Waals surface area contributed by atoms with Crippen LogP contribution in [0.5, 0.6) is 5.75 Å². The molecule has 0 aliphatic heterocycles. The van der Waals surface area contributed by atoms with Crippen molar-refractivity contribution in [3.63, 3.8) is 0 Å². The van der Waals surface area contributed by atoms with Gasteiger partial charge >= 0.3 is 0 Å². The Morgan fingerprint density at radius 1 is 1.11 bits per heavy atom. The fourth-order valence-electron chi connectivity index (χ4n) is 2.64. The predicted molar refractivity (Wildman–Crippen MR) is 119 cm³/mol. The summed E-state index contributed by atoms with van der Waals surface area (Å²) in [5.41, 5.74) is 1.59. The highest BCUT2D eigenvalue weighted by molar-refractivity contribution is 7.80. The molecule has 0 fully saturated rings. The Morgan fingerprint density at radius 2 is 1.89 bits per heavy atom. The topological polar surface area (TPSA) is 63.2 Å². The number of fused-ring (bicyclic) bond motifs is 1. The number of para-hydroxylation sites is 1. The molecule has 2 N–H and O–H groups in total. The molecule has 0 bridgehead atoms. The molecule has 28 heavy (non-hydrogen) atoms. The molecule has 0 spiro atoms. The van der Waals surface area contributed by atoms with E-state index in [1.54, 1.807) is 0 Å². The number of benzene rings is 2. The van der Waals surface area contributed by atoms with Crippen molar-refractivity contribution in [2.45, 2.75) is 32.6 Å². The number of aromatic nitrogens is 1. The van der Waals surface area contributed by atoms with E-state index in [2.05, 4.69) is 22.5 Å². The van der Waals surface area contributed by atoms with E-state index in [1.165, 1.54) is 30.6 Å². The van der Waals surface area contributed by atoms with Crippen molar-refractivity contribution in [3.05, 3.63) is 53.5 Å². The van der Waals surface area contributed by atoms with E-state index in [-0.39, 0.29) is 11.0 Å². The summed E-state index contributed by atoms with van der Waals surface area (Å²) in [6.45, 7) is 2.92. The number of thiazole rings is 1. The van der Waals surface area contributed by atoms with Crippen LogP contribution in [-0.4, -0.2) is 22.6 Å². The van der Waals surface area contributed by atoms with Gasteiger partial charge in [-0.3, -0.25) is 10.1 Å². The van der Waals surface area contributed by atoms with Crippen LogP contribution in [-0.2, 0) is 0 Å². The van der Waals surface area contributed by atoms with Crippen LogP contribution in [0.3, 0.4) is 0 Å². The van der Waals surface area contributed by atoms with Crippen molar-refractivity contribution < 1.29 is 9.53 Å². The molecule has 0 saturated heterocycles. The van der Waals surface area contributed by atoms with Crippen molar-refractivity contribution in [1.82, 2.24) is 10.3 Å². The van der Waals surface area contributed by atoms with Crippen LogP contribution in [0.4, 0.5) is 5.69 Å². The lowest BCUT2D eigenvalue weighted by atomic mass is 10.2. The summed E-state index contributed by atoms with van der Waals surface area (Å²) >= 11 is 6.58. The first kappa shape index (κ1) is 20.2. The van der Waals surface area contributed by atoms with Gasteiger partial charge in [-0.05, 0) is 55.0 Å². The molecule has 0 aliphatic carbocycles. The number of unbranched alkanes of at least 4 members (excludes halogenated alkanes) is 3. The first-order valence-electron chi connectivity index (χ1n) is 9.36. The molecule has 0 unspecified atom stereocenters. The zero-order valence-electron chi connectivity index (χ0n) is 15.7. The largest absolute Gasteiger partial charge is 0.494 e. The molecular formula is C21H23N3O2S2. The second kappa shape index (κ2) is 10.1. The number of hydrogen-bond acceptors (Lipinski definition) is 5. The lowest BCUT2D eigenvalue weighted by molar-refractivity contribution is 0.0977. The first-order valence-corrected chi connectivity index (χ1v) is 10.6. The van der Waals surface area contributed by atoms with Crippen molar-refractivity contribution in [1.29, 1.82) is 0 Å². The Morgan fingerprint density at radius 3 is 2.64 bits per heavy atom. The van der Waals surface area contributed by atoms with Crippen molar-refractivity contribution in [3.8, 4) is 5.75 Å². The van der Waals surface area contributed by atoms with Crippen molar-refractivity contribution >= 4 is 50.5 Å². The van der Waals surface area contributed by atoms with E-state index in [4.69, 9.17) is 17.0 Å². The number of nitrogens with one attached hydrogen (secondary N) is 2. The Balaban J connectivity index is 1.48. The summed E-state index contributed by atoms with van der Waals surface area (Å²) in [6, 6.07) is 15.2. The minimum atomic E-state index is -0.314. The van der Waals surface area contributed by atoms with Gasteiger partial charge in [0.2, 0.25) is 0 Å². The fourth-order valence-corrected chi connectivity index (χ4v) is 3.71. The van der Waals surface area contributed by atoms with E-state index in [0.717, 1.165) is 34.7 Å². The van der Waals surface area contributed by atoms with E-state index < -0.39 is 0 Å². The van der Waals surface area contributed by atoms with Gasteiger partial charge in [0.25, 0.3) is 5.91 Å². The highest BCUT2D eigenvalue weighted by atomic mass is 32.1. The molecule has 1 amide bonds. The van der Waals surface area contributed by atoms with Crippen LogP contribution >= 0.6 is 23.6 Å². The van der Waals surface area contributed by atoms with Crippen LogP contribution in [0.2, 0.25) is 0 Å². The molecule has 2 aromatic carbocycles. The van der Waals surface area contributed by atoms with Gasteiger partial charge in [-0.2, -0.15) is 0 Å². The van der Waals surface area contributed by atoms with E-state index in [0.29, 0.717) is 5.01 Å². The Hall–Kier alpha value is -2.51. The molecule has 7 heteroatoms. The van der Waals surface area contributed by atoms with Gasteiger partial charge in [0.15, 0.2) is 10.1 Å². The Labute approximate surface area is 174 Å². The quantitative estimate of drug-likeness (QED) is 0.383. The molecule has 0 atom stereocenters. The molecule has 3 rings (SSSR count). The van der Waals surface area contributed by atoms with Crippen LogP contribution < -0.4 is 15.4 Å². The highest BCUT2D eigenvalue weighted by Gasteiger charge is 2.13. The van der Waals surface area contributed by atoms with E-state index in [1.807, 2.05) is 48.5 Å². The smallest absolute Gasteiger partial charge is 0.286 e. The zero-order valence-corrected chi connectivity index (χ0v) is 17.4. The van der Waals surface area contributed by atoms with Crippen LogP contribution in [0.1, 0.15) is 42.4 Å².